The molecule has 27 heavy (non-hydrogen) atoms. The van der Waals surface area contributed by atoms with Crippen molar-refractivity contribution in [2.45, 2.75) is 24.4 Å². The van der Waals surface area contributed by atoms with Crippen molar-refractivity contribution in [3.63, 3.8) is 0 Å². The first-order chi connectivity index (χ1) is 13.1. The number of fused-ring (bicyclic) bond motifs is 2. The van der Waals surface area contributed by atoms with Crippen LogP contribution in [0.3, 0.4) is 0 Å². The van der Waals surface area contributed by atoms with Gasteiger partial charge in [-0.15, -0.1) is 10.1 Å². The Morgan fingerprint density at radius 2 is 1.78 bits per heavy atom. The molecule has 8 heteroatoms. The molecular formula is C19H17NO7. The van der Waals surface area contributed by atoms with E-state index in [4.69, 9.17) is 14.2 Å². The molecule has 8 nitrogen and oxygen atoms in total. The molecule has 4 unspecified atom stereocenters. The van der Waals surface area contributed by atoms with Gasteiger partial charge in [0.25, 0.3) is 5.09 Å². The SMILES string of the molecule is C=Cc1cccc2c(C(=O)OC3COC4C(O[N+](=O)[O-])COC34)cccc12. The molecule has 0 spiro atoms. The fourth-order valence-electron chi connectivity index (χ4n) is 3.62. The highest BCUT2D eigenvalue weighted by molar-refractivity contribution is 6.06. The molecular weight excluding hydrogens is 354 g/mol. The van der Waals surface area contributed by atoms with Crippen LogP contribution in [0.15, 0.2) is 43.0 Å². The number of rotatable bonds is 5. The summed E-state index contributed by atoms with van der Waals surface area (Å²) in [5, 5.41) is 11.3. The first-order valence-corrected chi connectivity index (χ1v) is 8.48. The molecule has 2 aromatic carbocycles. The standard InChI is InChI=1S/C19H17NO7/c1-2-11-5-3-7-13-12(11)6-4-8-14(13)19(21)26-15-9-24-18-16(27-20(22)23)10-25-17(15)18/h2-8,15-18H,1,9-10H2. The van der Waals surface area contributed by atoms with Crippen molar-refractivity contribution in [3.8, 4) is 0 Å². The third kappa shape index (κ3) is 3.13. The van der Waals surface area contributed by atoms with E-state index in [9.17, 15) is 14.9 Å². The van der Waals surface area contributed by atoms with Crippen LogP contribution in [0.4, 0.5) is 0 Å². The van der Waals surface area contributed by atoms with Crippen LogP contribution in [0, 0.1) is 10.1 Å². The molecule has 2 fully saturated rings. The first kappa shape index (κ1) is 17.4. The highest BCUT2D eigenvalue weighted by atomic mass is 17.0. The van der Waals surface area contributed by atoms with E-state index < -0.39 is 35.5 Å². The molecule has 0 bridgehead atoms. The molecule has 140 valence electrons. The second-order valence-electron chi connectivity index (χ2n) is 6.36. The highest BCUT2D eigenvalue weighted by Gasteiger charge is 2.51. The van der Waals surface area contributed by atoms with Crippen molar-refractivity contribution in [2.75, 3.05) is 13.2 Å². The van der Waals surface area contributed by atoms with Crippen molar-refractivity contribution in [1.82, 2.24) is 0 Å². The summed E-state index contributed by atoms with van der Waals surface area (Å²) in [5.74, 6) is -0.502. The lowest BCUT2D eigenvalue weighted by molar-refractivity contribution is -0.769. The van der Waals surface area contributed by atoms with Gasteiger partial charge in [0.15, 0.2) is 12.2 Å². The maximum Gasteiger partial charge on any atom is 0.339 e. The van der Waals surface area contributed by atoms with Crippen LogP contribution in [0.5, 0.6) is 0 Å². The fraction of sp³-hybridized carbons (Fsp3) is 0.316. The Labute approximate surface area is 154 Å². The van der Waals surface area contributed by atoms with Crippen LogP contribution in [0.2, 0.25) is 0 Å². The fourth-order valence-corrected chi connectivity index (χ4v) is 3.62. The molecule has 2 heterocycles. The van der Waals surface area contributed by atoms with Crippen molar-refractivity contribution in [3.05, 3.63) is 64.2 Å². The quantitative estimate of drug-likeness (QED) is 0.452. The zero-order chi connectivity index (χ0) is 19.0. The van der Waals surface area contributed by atoms with E-state index in [0.29, 0.717) is 5.56 Å². The van der Waals surface area contributed by atoms with Crippen LogP contribution in [0.25, 0.3) is 16.8 Å². The van der Waals surface area contributed by atoms with Gasteiger partial charge < -0.3 is 19.0 Å². The lowest BCUT2D eigenvalue weighted by Gasteiger charge is -2.17. The van der Waals surface area contributed by atoms with Gasteiger partial charge in [-0.1, -0.05) is 43.0 Å². The number of hydrogen-bond donors (Lipinski definition) is 0. The van der Waals surface area contributed by atoms with Crippen molar-refractivity contribution in [2.24, 2.45) is 0 Å². The number of ether oxygens (including phenoxy) is 3. The molecule has 2 aliphatic heterocycles. The third-order valence-corrected chi connectivity index (χ3v) is 4.84. The summed E-state index contributed by atoms with van der Waals surface area (Å²) >= 11 is 0. The minimum absolute atomic E-state index is 0.0152. The van der Waals surface area contributed by atoms with E-state index in [1.165, 1.54) is 0 Å². The average molecular weight is 371 g/mol. The molecule has 0 aliphatic carbocycles. The Bertz CT molecular complexity index is 912. The zero-order valence-electron chi connectivity index (χ0n) is 14.3. The van der Waals surface area contributed by atoms with Crippen LogP contribution in [0.1, 0.15) is 15.9 Å². The minimum Gasteiger partial charge on any atom is -0.453 e. The third-order valence-electron chi connectivity index (χ3n) is 4.84. The van der Waals surface area contributed by atoms with Crippen LogP contribution >= 0.6 is 0 Å². The smallest absolute Gasteiger partial charge is 0.339 e. The van der Waals surface area contributed by atoms with Gasteiger partial charge in [-0.3, -0.25) is 0 Å². The molecule has 4 rings (SSSR count). The van der Waals surface area contributed by atoms with E-state index in [1.54, 1.807) is 18.2 Å². The van der Waals surface area contributed by atoms with E-state index in [1.807, 2.05) is 24.3 Å². The van der Waals surface area contributed by atoms with E-state index >= 15 is 0 Å². The summed E-state index contributed by atoms with van der Waals surface area (Å²) in [6, 6.07) is 11.0. The number of carbonyl (C=O) groups is 1. The summed E-state index contributed by atoms with van der Waals surface area (Å²) in [6.07, 6.45) is -0.956. The van der Waals surface area contributed by atoms with Crippen molar-refractivity contribution < 1.29 is 28.9 Å². The van der Waals surface area contributed by atoms with Gasteiger partial charge in [-0.05, 0) is 22.4 Å². The Kier molecular flexibility index (Phi) is 4.51. The molecule has 0 saturated carbocycles. The Balaban J connectivity index is 1.53. The minimum atomic E-state index is -0.869. The maximum absolute atomic E-state index is 12.8. The lowest BCUT2D eigenvalue weighted by Crippen LogP contribution is -2.35. The topological polar surface area (TPSA) is 97.1 Å². The van der Waals surface area contributed by atoms with E-state index in [-0.39, 0.29) is 13.2 Å². The monoisotopic (exact) mass is 371 g/mol. The van der Waals surface area contributed by atoms with E-state index in [2.05, 4.69) is 11.4 Å². The van der Waals surface area contributed by atoms with Crippen molar-refractivity contribution in [1.29, 1.82) is 0 Å². The molecule has 4 atom stereocenters. The van der Waals surface area contributed by atoms with Gasteiger partial charge >= 0.3 is 5.97 Å². The molecule has 0 radical (unpaired) electrons. The molecule has 2 aromatic rings. The molecule has 0 aromatic heterocycles. The predicted molar refractivity (Wildman–Crippen MR) is 94.6 cm³/mol. The second-order valence-corrected chi connectivity index (χ2v) is 6.36. The molecule has 2 aliphatic rings. The second kappa shape index (κ2) is 6.98. The first-order valence-electron chi connectivity index (χ1n) is 8.48. The zero-order valence-corrected chi connectivity index (χ0v) is 14.3. The highest BCUT2D eigenvalue weighted by Crippen LogP contribution is 2.32. The maximum atomic E-state index is 12.8. The summed E-state index contributed by atoms with van der Waals surface area (Å²) in [4.78, 5) is 27.9. The van der Waals surface area contributed by atoms with Crippen LogP contribution in [-0.2, 0) is 19.0 Å². The average Bonchev–Trinajstić information content (AvgIpc) is 3.24. The summed E-state index contributed by atoms with van der Waals surface area (Å²) in [6.45, 7) is 3.91. The lowest BCUT2D eigenvalue weighted by atomic mass is 10.00. The number of carbonyl (C=O) groups excluding carboxylic acids is 1. The van der Waals surface area contributed by atoms with Gasteiger partial charge in [0.1, 0.15) is 12.2 Å². The Morgan fingerprint density at radius 1 is 1.11 bits per heavy atom. The Hall–Kier alpha value is -2.97. The summed E-state index contributed by atoms with van der Waals surface area (Å²) < 4.78 is 16.6. The van der Waals surface area contributed by atoms with Gasteiger partial charge in [0, 0.05) is 0 Å². The molecule has 2 saturated heterocycles. The van der Waals surface area contributed by atoms with Gasteiger partial charge in [-0.2, -0.15) is 0 Å². The predicted octanol–water partition coefficient (Wildman–Crippen LogP) is 2.38. The largest absolute Gasteiger partial charge is 0.453 e. The van der Waals surface area contributed by atoms with Crippen LogP contribution in [-0.4, -0.2) is 48.7 Å². The Morgan fingerprint density at radius 3 is 2.52 bits per heavy atom. The van der Waals surface area contributed by atoms with Crippen LogP contribution < -0.4 is 0 Å². The number of benzene rings is 2. The normalized spacial score (nSPS) is 26.5. The number of nitrogens with zero attached hydrogens (tertiary/aromatic N) is 1. The van der Waals surface area contributed by atoms with Gasteiger partial charge in [0.05, 0.1) is 18.8 Å². The van der Waals surface area contributed by atoms with Gasteiger partial charge in [0.2, 0.25) is 0 Å². The molecule has 0 amide bonds. The van der Waals surface area contributed by atoms with Crippen molar-refractivity contribution >= 4 is 22.8 Å². The van der Waals surface area contributed by atoms with Gasteiger partial charge in [-0.25, -0.2) is 4.79 Å². The number of hydrogen-bond acceptors (Lipinski definition) is 7. The van der Waals surface area contributed by atoms with E-state index in [0.717, 1.165) is 16.3 Å². The number of esters is 1. The summed E-state index contributed by atoms with van der Waals surface area (Å²) in [5.41, 5.74) is 1.35. The molecule has 0 N–H and O–H groups in total. The summed E-state index contributed by atoms with van der Waals surface area (Å²) in [7, 11) is 0.